The number of halogens is 1. The first kappa shape index (κ1) is 13.0. The molecule has 0 saturated carbocycles. The van der Waals surface area contributed by atoms with Crippen LogP contribution in [0.4, 0.5) is 5.69 Å². The first-order valence-corrected chi connectivity index (χ1v) is 6.09. The second kappa shape index (κ2) is 6.53. The fourth-order valence-corrected chi connectivity index (χ4v) is 1.72. The van der Waals surface area contributed by atoms with Gasteiger partial charge in [-0.25, -0.2) is 0 Å². The molecule has 1 N–H and O–H groups in total. The summed E-state index contributed by atoms with van der Waals surface area (Å²) in [5.74, 6) is -0.168. The second-order valence-electron chi connectivity index (χ2n) is 3.42. The molecule has 0 amide bonds. The predicted octanol–water partition coefficient (Wildman–Crippen LogP) is 3.12. The van der Waals surface area contributed by atoms with Crippen LogP contribution in [0.3, 0.4) is 0 Å². The van der Waals surface area contributed by atoms with Crippen LogP contribution >= 0.6 is 15.9 Å². The summed E-state index contributed by atoms with van der Waals surface area (Å²) in [7, 11) is 0. The van der Waals surface area contributed by atoms with Gasteiger partial charge >= 0.3 is 5.97 Å². The van der Waals surface area contributed by atoms with Gasteiger partial charge in [-0.2, -0.15) is 0 Å². The standard InChI is InChI=1S/C12H16BrNO2/c1-3-16-11(15)7-8-14-10-6-4-5-9(2)12(10)13/h4-6,14H,3,7-8H2,1-2H3. The van der Waals surface area contributed by atoms with E-state index in [0.717, 1.165) is 10.2 Å². The molecule has 0 aliphatic carbocycles. The van der Waals surface area contributed by atoms with E-state index in [-0.39, 0.29) is 5.97 Å². The lowest BCUT2D eigenvalue weighted by molar-refractivity contribution is -0.142. The van der Waals surface area contributed by atoms with E-state index in [9.17, 15) is 4.79 Å². The number of hydrogen-bond acceptors (Lipinski definition) is 3. The maximum absolute atomic E-state index is 11.1. The van der Waals surface area contributed by atoms with E-state index in [1.165, 1.54) is 5.56 Å². The highest BCUT2D eigenvalue weighted by atomic mass is 79.9. The molecule has 4 heteroatoms. The minimum atomic E-state index is -0.168. The molecule has 0 saturated heterocycles. The molecule has 0 fully saturated rings. The van der Waals surface area contributed by atoms with Crippen molar-refractivity contribution in [2.24, 2.45) is 0 Å². The van der Waals surface area contributed by atoms with Crippen molar-refractivity contribution in [3.63, 3.8) is 0 Å². The molecule has 88 valence electrons. The van der Waals surface area contributed by atoms with E-state index < -0.39 is 0 Å². The molecule has 1 rings (SSSR count). The van der Waals surface area contributed by atoms with Crippen LogP contribution < -0.4 is 5.32 Å². The molecule has 0 heterocycles. The van der Waals surface area contributed by atoms with E-state index in [1.54, 1.807) is 0 Å². The second-order valence-corrected chi connectivity index (χ2v) is 4.21. The van der Waals surface area contributed by atoms with Crippen LogP contribution in [0.2, 0.25) is 0 Å². The maximum atomic E-state index is 11.1. The zero-order valence-electron chi connectivity index (χ0n) is 9.55. The largest absolute Gasteiger partial charge is 0.466 e. The van der Waals surface area contributed by atoms with Gasteiger partial charge in [0.2, 0.25) is 0 Å². The van der Waals surface area contributed by atoms with Crippen molar-refractivity contribution >= 4 is 27.6 Å². The molecule has 1 aromatic carbocycles. The Morgan fingerprint density at radius 1 is 1.50 bits per heavy atom. The molecular weight excluding hydrogens is 270 g/mol. The molecule has 0 spiro atoms. The number of esters is 1. The number of carbonyl (C=O) groups is 1. The topological polar surface area (TPSA) is 38.3 Å². The number of nitrogens with one attached hydrogen (secondary N) is 1. The quantitative estimate of drug-likeness (QED) is 0.845. The molecule has 0 aliphatic heterocycles. The number of benzene rings is 1. The smallest absolute Gasteiger partial charge is 0.307 e. The highest BCUT2D eigenvalue weighted by molar-refractivity contribution is 9.10. The Bertz CT molecular complexity index is 366. The number of hydrogen-bond donors (Lipinski definition) is 1. The lowest BCUT2D eigenvalue weighted by Crippen LogP contribution is -2.11. The summed E-state index contributed by atoms with van der Waals surface area (Å²) in [5.41, 5.74) is 2.17. The molecule has 0 atom stereocenters. The van der Waals surface area contributed by atoms with Crippen molar-refractivity contribution in [3.05, 3.63) is 28.2 Å². The van der Waals surface area contributed by atoms with Gasteiger partial charge in [-0.1, -0.05) is 12.1 Å². The van der Waals surface area contributed by atoms with Gasteiger partial charge < -0.3 is 10.1 Å². The number of rotatable bonds is 5. The van der Waals surface area contributed by atoms with Crippen LogP contribution in [0.5, 0.6) is 0 Å². The first-order chi connectivity index (χ1) is 7.65. The van der Waals surface area contributed by atoms with Gasteiger partial charge in [0.15, 0.2) is 0 Å². The average molecular weight is 286 g/mol. The Morgan fingerprint density at radius 3 is 2.94 bits per heavy atom. The molecule has 0 aliphatic rings. The van der Waals surface area contributed by atoms with Crippen molar-refractivity contribution in [2.75, 3.05) is 18.5 Å². The van der Waals surface area contributed by atoms with Crippen molar-refractivity contribution in [1.29, 1.82) is 0 Å². The Kier molecular flexibility index (Phi) is 5.32. The van der Waals surface area contributed by atoms with Crippen LogP contribution in [0, 0.1) is 6.92 Å². The Hall–Kier alpha value is -1.03. The SMILES string of the molecule is CCOC(=O)CCNc1cccc(C)c1Br. The third kappa shape index (κ3) is 3.85. The fourth-order valence-electron chi connectivity index (χ4n) is 1.32. The van der Waals surface area contributed by atoms with Gasteiger partial charge in [-0.05, 0) is 41.4 Å². The molecule has 3 nitrogen and oxygen atoms in total. The Balaban J connectivity index is 2.43. The summed E-state index contributed by atoms with van der Waals surface area (Å²) in [5, 5.41) is 3.20. The normalized spacial score (nSPS) is 9.94. The molecule has 0 radical (unpaired) electrons. The van der Waals surface area contributed by atoms with E-state index in [0.29, 0.717) is 19.6 Å². The van der Waals surface area contributed by atoms with Crippen LogP contribution in [0.1, 0.15) is 18.9 Å². The minimum Gasteiger partial charge on any atom is -0.466 e. The highest BCUT2D eigenvalue weighted by Gasteiger charge is 2.04. The molecule has 1 aromatic rings. The summed E-state index contributed by atoms with van der Waals surface area (Å²) in [6.45, 7) is 4.86. The molecule has 0 unspecified atom stereocenters. The van der Waals surface area contributed by atoms with Crippen molar-refractivity contribution in [2.45, 2.75) is 20.3 Å². The summed E-state index contributed by atoms with van der Waals surface area (Å²) >= 11 is 3.50. The predicted molar refractivity (Wildman–Crippen MR) is 68.6 cm³/mol. The summed E-state index contributed by atoms with van der Waals surface area (Å²) < 4.78 is 5.88. The van der Waals surface area contributed by atoms with E-state index in [1.807, 2.05) is 32.0 Å². The minimum absolute atomic E-state index is 0.168. The molecule has 0 bridgehead atoms. The summed E-state index contributed by atoms with van der Waals surface area (Å²) in [6, 6.07) is 5.98. The van der Waals surface area contributed by atoms with Crippen molar-refractivity contribution in [3.8, 4) is 0 Å². The van der Waals surface area contributed by atoms with Gasteiger partial charge in [0.25, 0.3) is 0 Å². The molecule has 0 aromatic heterocycles. The van der Waals surface area contributed by atoms with Crippen LogP contribution in [0.15, 0.2) is 22.7 Å². The summed E-state index contributed by atoms with van der Waals surface area (Å²) in [4.78, 5) is 11.1. The number of carbonyl (C=O) groups excluding carboxylic acids is 1. The number of ether oxygens (including phenoxy) is 1. The third-order valence-electron chi connectivity index (χ3n) is 2.14. The lowest BCUT2D eigenvalue weighted by Gasteiger charge is -2.09. The van der Waals surface area contributed by atoms with Crippen molar-refractivity contribution < 1.29 is 9.53 Å². The fraction of sp³-hybridized carbons (Fsp3) is 0.417. The average Bonchev–Trinajstić information content (AvgIpc) is 2.25. The van der Waals surface area contributed by atoms with Crippen LogP contribution in [-0.4, -0.2) is 19.1 Å². The third-order valence-corrected chi connectivity index (χ3v) is 3.19. The molecular formula is C12H16BrNO2. The van der Waals surface area contributed by atoms with Gasteiger partial charge in [-0.3, -0.25) is 4.79 Å². The zero-order valence-corrected chi connectivity index (χ0v) is 11.1. The summed E-state index contributed by atoms with van der Waals surface area (Å²) in [6.07, 6.45) is 0.383. The number of anilines is 1. The number of aryl methyl sites for hydroxylation is 1. The van der Waals surface area contributed by atoms with Crippen LogP contribution in [-0.2, 0) is 9.53 Å². The molecule has 16 heavy (non-hydrogen) atoms. The van der Waals surface area contributed by atoms with E-state index >= 15 is 0 Å². The van der Waals surface area contributed by atoms with Crippen molar-refractivity contribution in [1.82, 2.24) is 0 Å². The maximum Gasteiger partial charge on any atom is 0.307 e. The van der Waals surface area contributed by atoms with E-state index in [2.05, 4.69) is 21.2 Å². The zero-order chi connectivity index (χ0) is 12.0. The first-order valence-electron chi connectivity index (χ1n) is 5.29. The Morgan fingerprint density at radius 2 is 2.25 bits per heavy atom. The van der Waals surface area contributed by atoms with Gasteiger partial charge in [0.1, 0.15) is 0 Å². The van der Waals surface area contributed by atoms with Gasteiger partial charge in [0.05, 0.1) is 13.0 Å². The lowest BCUT2D eigenvalue weighted by atomic mass is 10.2. The van der Waals surface area contributed by atoms with Gasteiger partial charge in [-0.15, -0.1) is 0 Å². The van der Waals surface area contributed by atoms with Crippen LogP contribution in [0.25, 0.3) is 0 Å². The Labute approximate surface area is 104 Å². The van der Waals surface area contributed by atoms with Gasteiger partial charge in [0, 0.05) is 16.7 Å². The monoisotopic (exact) mass is 285 g/mol. The highest BCUT2D eigenvalue weighted by Crippen LogP contribution is 2.25. The van der Waals surface area contributed by atoms with E-state index in [4.69, 9.17) is 4.74 Å².